The van der Waals surface area contributed by atoms with Crippen LogP contribution in [0.3, 0.4) is 0 Å². The van der Waals surface area contributed by atoms with Crippen molar-refractivity contribution in [2.24, 2.45) is 0 Å². The van der Waals surface area contributed by atoms with Crippen molar-refractivity contribution in [2.45, 2.75) is 39.2 Å². The molecule has 0 spiro atoms. The normalized spacial score (nSPS) is 13.8. The molecule has 0 saturated carbocycles. The lowest BCUT2D eigenvalue weighted by Crippen LogP contribution is -2.29. The minimum Gasteiger partial charge on any atom is -0.454 e. The number of hydrogen-bond acceptors (Lipinski definition) is 3. The Balaban J connectivity index is 2.83. The molecule has 0 bridgehead atoms. The van der Waals surface area contributed by atoms with Crippen LogP contribution >= 0.6 is 0 Å². The van der Waals surface area contributed by atoms with Crippen molar-refractivity contribution in [3.8, 4) is 0 Å². The molecule has 0 aliphatic heterocycles. The predicted octanol–water partition coefficient (Wildman–Crippen LogP) is 2.83. The summed E-state index contributed by atoms with van der Waals surface area (Å²) in [5.74, 6) is -0.646. The molecule has 1 aromatic rings. The molecule has 0 aliphatic rings. The van der Waals surface area contributed by atoms with Gasteiger partial charge in [0.05, 0.1) is 0 Å². The van der Waals surface area contributed by atoms with E-state index in [1.807, 2.05) is 44.2 Å². The van der Waals surface area contributed by atoms with Gasteiger partial charge in [0, 0.05) is 0 Å². The van der Waals surface area contributed by atoms with Crippen LogP contribution in [0.4, 0.5) is 0 Å². The van der Waals surface area contributed by atoms with Crippen LogP contribution in [0.25, 0.3) is 0 Å². The third-order valence-corrected chi connectivity index (χ3v) is 2.79. The van der Waals surface area contributed by atoms with Gasteiger partial charge in [0.25, 0.3) is 0 Å². The fourth-order valence-corrected chi connectivity index (χ4v) is 1.62. The molecule has 0 fully saturated rings. The van der Waals surface area contributed by atoms with E-state index in [-0.39, 0.29) is 12.2 Å². The molecule has 1 atom stereocenters. The Bertz CT molecular complexity index is 397. The van der Waals surface area contributed by atoms with Gasteiger partial charge in [0.1, 0.15) is 17.8 Å². The molecule has 0 aliphatic carbocycles. The summed E-state index contributed by atoms with van der Waals surface area (Å²) in [7, 11) is 0. The highest BCUT2D eigenvalue weighted by Gasteiger charge is 2.29. The van der Waals surface area contributed by atoms with Crippen LogP contribution in [-0.4, -0.2) is 11.8 Å². The predicted molar refractivity (Wildman–Crippen MR) is 65.5 cm³/mol. The van der Waals surface area contributed by atoms with Crippen LogP contribution in [0.1, 0.15) is 39.2 Å². The van der Waals surface area contributed by atoms with E-state index >= 15 is 0 Å². The summed E-state index contributed by atoms with van der Waals surface area (Å²) in [5, 5.41) is 0. The molecule has 0 amide bonds. The highest BCUT2D eigenvalue weighted by molar-refractivity contribution is 5.94. The number of Topliss-reactive ketones (excluding diaryl/α,β-unsaturated/α-hetero) is 1. The third-order valence-electron chi connectivity index (χ3n) is 2.79. The Morgan fingerprint density at radius 1 is 1.24 bits per heavy atom. The van der Waals surface area contributed by atoms with E-state index in [0.29, 0.717) is 6.42 Å². The lowest BCUT2D eigenvalue weighted by Gasteiger charge is -2.28. The number of esters is 1. The van der Waals surface area contributed by atoms with E-state index in [0.717, 1.165) is 5.56 Å². The quantitative estimate of drug-likeness (QED) is 0.581. The van der Waals surface area contributed by atoms with Crippen molar-refractivity contribution in [3.05, 3.63) is 35.9 Å². The highest BCUT2D eigenvalue weighted by Crippen LogP contribution is 2.29. The highest BCUT2D eigenvalue weighted by atomic mass is 16.6. The molecule has 0 saturated heterocycles. The van der Waals surface area contributed by atoms with Crippen LogP contribution in [0.2, 0.25) is 0 Å². The van der Waals surface area contributed by atoms with Crippen LogP contribution in [0.5, 0.6) is 0 Å². The van der Waals surface area contributed by atoms with Crippen molar-refractivity contribution in [3.63, 3.8) is 0 Å². The summed E-state index contributed by atoms with van der Waals surface area (Å²) < 4.78 is 5.42. The van der Waals surface area contributed by atoms with E-state index < -0.39 is 11.6 Å². The maximum absolute atomic E-state index is 11.6. The second-order valence-corrected chi connectivity index (χ2v) is 4.30. The molecular formula is C14H18O3. The smallest absolute Gasteiger partial charge is 0.314 e. The zero-order valence-corrected chi connectivity index (χ0v) is 10.5. The van der Waals surface area contributed by atoms with Gasteiger partial charge >= 0.3 is 5.97 Å². The molecule has 3 nitrogen and oxygen atoms in total. The maximum Gasteiger partial charge on any atom is 0.314 e. The van der Waals surface area contributed by atoms with E-state index in [2.05, 4.69) is 0 Å². The van der Waals surface area contributed by atoms with Crippen molar-refractivity contribution in [1.29, 1.82) is 0 Å². The Morgan fingerprint density at radius 3 is 2.29 bits per heavy atom. The first kappa shape index (κ1) is 13.4. The van der Waals surface area contributed by atoms with Gasteiger partial charge in [-0.05, 0) is 25.8 Å². The van der Waals surface area contributed by atoms with Crippen molar-refractivity contribution in [1.82, 2.24) is 0 Å². The molecule has 92 valence electrons. The van der Waals surface area contributed by atoms with Gasteiger partial charge in [-0.1, -0.05) is 37.3 Å². The van der Waals surface area contributed by atoms with Gasteiger partial charge in [0.2, 0.25) is 0 Å². The summed E-state index contributed by atoms with van der Waals surface area (Å²) in [4.78, 5) is 22.4. The van der Waals surface area contributed by atoms with Crippen molar-refractivity contribution < 1.29 is 14.3 Å². The van der Waals surface area contributed by atoms with Gasteiger partial charge in [-0.25, -0.2) is 0 Å². The maximum atomic E-state index is 11.6. The molecule has 1 rings (SSSR count). The average Bonchev–Trinajstić information content (AvgIpc) is 2.29. The van der Waals surface area contributed by atoms with Gasteiger partial charge < -0.3 is 4.74 Å². The fourth-order valence-electron chi connectivity index (χ4n) is 1.62. The molecule has 17 heavy (non-hydrogen) atoms. The number of ether oxygens (including phenoxy) is 1. The molecular weight excluding hydrogens is 216 g/mol. The summed E-state index contributed by atoms with van der Waals surface area (Å²) in [6.07, 6.45) is 0.503. The zero-order chi connectivity index (χ0) is 12.9. The zero-order valence-electron chi connectivity index (χ0n) is 10.5. The Hall–Kier alpha value is -1.64. The number of rotatable bonds is 5. The van der Waals surface area contributed by atoms with Gasteiger partial charge in [0.15, 0.2) is 0 Å². The number of carbonyl (C=O) groups is 2. The molecule has 0 heterocycles. The molecule has 3 heteroatoms. The lowest BCUT2D eigenvalue weighted by atomic mass is 9.93. The number of hydrogen-bond donors (Lipinski definition) is 0. The van der Waals surface area contributed by atoms with E-state index in [9.17, 15) is 9.59 Å². The topological polar surface area (TPSA) is 43.4 Å². The first-order chi connectivity index (χ1) is 7.98. The lowest BCUT2D eigenvalue weighted by molar-refractivity contribution is -0.160. The fraction of sp³-hybridized carbons (Fsp3) is 0.429. The minimum atomic E-state index is -0.659. The number of ketones is 1. The van der Waals surface area contributed by atoms with Gasteiger partial charge in [-0.3, -0.25) is 9.59 Å². The molecule has 0 radical (unpaired) electrons. The Kier molecular flexibility index (Phi) is 4.44. The van der Waals surface area contributed by atoms with Crippen LogP contribution in [0.15, 0.2) is 30.3 Å². The standard InChI is InChI=1S/C14H18O3/c1-4-14(3,12-8-6-5-7-9-12)17-13(16)10-11(2)15/h5-9H,4,10H2,1-3H3. The average molecular weight is 234 g/mol. The second-order valence-electron chi connectivity index (χ2n) is 4.30. The minimum absolute atomic E-state index is 0.164. The van der Waals surface area contributed by atoms with Crippen LogP contribution < -0.4 is 0 Å². The summed E-state index contributed by atoms with van der Waals surface area (Å²) in [6, 6.07) is 9.57. The summed E-state index contributed by atoms with van der Waals surface area (Å²) in [5.41, 5.74) is 0.285. The van der Waals surface area contributed by atoms with Crippen molar-refractivity contribution >= 4 is 11.8 Å². The summed E-state index contributed by atoms with van der Waals surface area (Å²) in [6.45, 7) is 5.20. The largest absolute Gasteiger partial charge is 0.454 e. The summed E-state index contributed by atoms with van der Waals surface area (Å²) >= 11 is 0. The van der Waals surface area contributed by atoms with Crippen molar-refractivity contribution in [2.75, 3.05) is 0 Å². The monoisotopic (exact) mass is 234 g/mol. The van der Waals surface area contributed by atoms with E-state index in [1.165, 1.54) is 6.92 Å². The SMILES string of the molecule is CCC(C)(OC(=O)CC(C)=O)c1ccccc1. The Labute approximate surface area is 102 Å². The molecule has 0 aromatic heterocycles. The number of carbonyl (C=O) groups excluding carboxylic acids is 2. The van der Waals surface area contributed by atoms with E-state index in [4.69, 9.17) is 4.74 Å². The first-order valence-corrected chi connectivity index (χ1v) is 5.74. The Morgan fingerprint density at radius 2 is 1.82 bits per heavy atom. The molecule has 0 N–H and O–H groups in total. The first-order valence-electron chi connectivity index (χ1n) is 5.74. The van der Waals surface area contributed by atoms with Crippen LogP contribution in [-0.2, 0) is 19.9 Å². The molecule has 1 unspecified atom stereocenters. The number of benzene rings is 1. The van der Waals surface area contributed by atoms with Gasteiger partial charge in [-0.2, -0.15) is 0 Å². The third kappa shape index (κ3) is 3.70. The second kappa shape index (κ2) is 5.62. The van der Waals surface area contributed by atoms with Gasteiger partial charge in [-0.15, -0.1) is 0 Å². The molecule has 1 aromatic carbocycles. The van der Waals surface area contributed by atoms with E-state index in [1.54, 1.807) is 0 Å². The van der Waals surface area contributed by atoms with Crippen LogP contribution in [0, 0.1) is 0 Å².